The summed E-state index contributed by atoms with van der Waals surface area (Å²) in [5, 5.41) is 9.38. The summed E-state index contributed by atoms with van der Waals surface area (Å²) in [6.45, 7) is 6.00. The van der Waals surface area contributed by atoms with Gasteiger partial charge in [0.1, 0.15) is 0 Å². The Kier molecular flexibility index (Phi) is 8.27. The van der Waals surface area contributed by atoms with Crippen LogP contribution in [0.1, 0.15) is 41.1 Å². The summed E-state index contributed by atoms with van der Waals surface area (Å²) in [5.74, 6) is 0. The molecule has 5 nitrogen and oxygen atoms in total. The van der Waals surface area contributed by atoms with Crippen LogP contribution in [-0.4, -0.2) is 36.2 Å². The van der Waals surface area contributed by atoms with Gasteiger partial charge < -0.3 is 25.2 Å². The van der Waals surface area contributed by atoms with Gasteiger partial charge in [-0.25, -0.2) is 0 Å². The molecule has 3 atom stereocenters. The van der Waals surface area contributed by atoms with E-state index in [-0.39, 0.29) is 18.8 Å². The Hall–Kier alpha value is -2.80. The molecular weight excluding hydrogens is 424 g/mol. The molecule has 0 amide bonds. The van der Waals surface area contributed by atoms with Crippen molar-refractivity contribution in [3.05, 3.63) is 108 Å². The smallest absolute Gasteiger partial charge is 0.184 e. The highest BCUT2D eigenvalue weighted by Gasteiger charge is 2.32. The van der Waals surface area contributed by atoms with Crippen LogP contribution >= 0.6 is 0 Å². The van der Waals surface area contributed by atoms with Crippen LogP contribution in [0.5, 0.6) is 0 Å². The number of hydrogen-bond acceptors (Lipinski definition) is 5. The fourth-order valence-electron chi connectivity index (χ4n) is 4.39. The number of rotatable bonds is 9. The molecule has 3 unspecified atom stereocenters. The third-order valence-corrected chi connectivity index (χ3v) is 6.25. The predicted molar refractivity (Wildman–Crippen MR) is 136 cm³/mol. The zero-order valence-corrected chi connectivity index (χ0v) is 19.8. The third-order valence-electron chi connectivity index (χ3n) is 6.25. The Labute approximate surface area is 202 Å². The number of ether oxygens (including phenoxy) is 2. The number of benzene rings is 3. The molecule has 1 heterocycles. The summed E-state index contributed by atoms with van der Waals surface area (Å²) >= 11 is 0. The van der Waals surface area contributed by atoms with E-state index >= 15 is 0 Å². The predicted octanol–water partition coefficient (Wildman–Crippen LogP) is 4.97. The molecule has 0 radical (unpaired) electrons. The second kappa shape index (κ2) is 11.6. The Morgan fingerprint density at radius 1 is 0.971 bits per heavy atom. The van der Waals surface area contributed by atoms with Crippen molar-refractivity contribution in [1.29, 1.82) is 0 Å². The summed E-state index contributed by atoms with van der Waals surface area (Å²) in [6.07, 6.45) is 2.14. The molecule has 3 aromatic rings. The van der Waals surface area contributed by atoms with Crippen molar-refractivity contribution in [2.75, 3.05) is 20.1 Å². The van der Waals surface area contributed by atoms with Gasteiger partial charge in [0.2, 0.25) is 0 Å². The minimum absolute atomic E-state index is 0.0205. The van der Waals surface area contributed by atoms with Gasteiger partial charge in [-0.1, -0.05) is 72.8 Å². The number of likely N-dealkylation sites (N-methyl/N-ethyl adjacent to an activating group) is 1. The lowest BCUT2D eigenvalue weighted by Crippen LogP contribution is -2.37. The summed E-state index contributed by atoms with van der Waals surface area (Å²) in [7, 11) is 2.07. The molecule has 0 bridgehead atoms. The summed E-state index contributed by atoms with van der Waals surface area (Å²) in [4.78, 5) is 2.21. The van der Waals surface area contributed by atoms with Gasteiger partial charge in [0.15, 0.2) is 6.29 Å². The Balaban J connectivity index is 1.55. The number of aliphatic hydroxyl groups excluding tert-OH is 1. The van der Waals surface area contributed by atoms with Crippen LogP contribution in [0.4, 0.5) is 0 Å². The molecule has 1 aliphatic heterocycles. The van der Waals surface area contributed by atoms with E-state index in [2.05, 4.69) is 54.9 Å². The minimum atomic E-state index is -0.456. The SMILES string of the molecule is C=CCN(C)CC1CC(c2ccc(CO)cc2)OC(c2ccc(-c3cccc(CN)c3)cc2)O1. The highest BCUT2D eigenvalue weighted by atomic mass is 16.7. The van der Waals surface area contributed by atoms with E-state index < -0.39 is 6.29 Å². The monoisotopic (exact) mass is 458 g/mol. The first-order valence-corrected chi connectivity index (χ1v) is 11.8. The van der Waals surface area contributed by atoms with Crippen LogP contribution in [0.25, 0.3) is 11.1 Å². The third kappa shape index (κ3) is 6.00. The lowest BCUT2D eigenvalue weighted by Gasteiger charge is -2.37. The highest BCUT2D eigenvalue weighted by molar-refractivity contribution is 5.64. The van der Waals surface area contributed by atoms with Gasteiger partial charge in [0.05, 0.1) is 18.8 Å². The molecule has 1 saturated heterocycles. The van der Waals surface area contributed by atoms with E-state index in [9.17, 15) is 5.11 Å². The fraction of sp³-hybridized carbons (Fsp3) is 0.310. The topological polar surface area (TPSA) is 68.0 Å². The molecule has 0 aromatic heterocycles. The average Bonchev–Trinajstić information content (AvgIpc) is 2.89. The van der Waals surface area contributed by atoms with E-state index in [0.717, 1.165) is 52.9 Å². The number of nitrogens with two attached hydrogens (primary N) is 1. The molecule has 0 aliphatic carbocycles. The van der Waals surface area contributed by atoms with E-state index in [1.165, 1.54) is 0 Å². The van der Waals surface area contributed by atoms with E-state index in [0.29, 0.717) is 6.54 Å². The minimum Gasteiger partial charge on any atom is -0.392 e. The zero-order valence-electron chi connectivity index (χ0n) is 19.8. The van der Waals surface area contributed by atoms with E-state index in [1.54, 1.807) is 0 Å². The standard InChI is InChI=1S/C29H34N2O3/c1-3-15-31(2)19-27-17-28(24-9-7-21(20-32)8-10-24)34-29(33-27)25-13-11-23(12-14-25)26-6-4-5-22(16-26)18-30/h3-14,16,27-29,32H,1,15,17-20,30H2,2H3. The Bertz CT molecular complexity index is 1070. The van der Waals surface area contributed by atoms with Crippen molar-refractivity contribution in [1.82, 2.24) is 4.90 Å². The van der Waals surface area contributed by atoms with Crippen molar-refractivity contribution in [2.24, 2.45) is 5.73 Å². The highest BCUT2D eigenvalue weighted by Crippen LogP contribution is 2.38. The molecule has 1 aliphatic rings. The van der Waals surface area contributed by atoms with Gasteiger partial charge >= 0.3 is 0 Å². The molecule has 1 fully saturated rings. The van der Waals surface area contributed by atoms with Gasteiger partial charge in [0.25, 0.3) is 0 Å². The molecule has 3 N–H and O–H groups in total. The number of nitrogens with zero attached hydrogens (tertiary/aromatic N) is 1. The Morgan fingerprint density at radius 2 is 1.71 bits per heavy atom. The largest absolute Gasteiger partial charge is 0.392 e. The normalized spacial score (nSPS) is 20.4. The second-order valence-electron chi connectivity index (χ2n) is 8.89. The van der Waals surface area contributed by atoms with Gasteiger partial charge in [-0.3, -0.25) is 0 Å². The van der Waals surface area contributed by atoms with Crippen LogP contribution < -0.4 is 5.73 Å². The van der Waals surface area contributed by atoms with Crippen molar-refractivity contribution in [3.8, 4) is 11.1 Å². The maximum Gasteiger partial charge on any atom is 0.184 e. The quantitative estimate of drug-likeness (QED) is 0.443. The van der Waals surface area contributed by atoms with Gasteiger partial charge in [-0.15, -0.1) is 6.58 Å². The van der Waals surface area contributed by atoms with Crippen molar-refractivity contribution >= 4 is 0 Å². The van der Waals surface area contributed by atoms with Crippen molar-refractivity contribution in [3.63, 3.8) is 0 Å². The van der Waals surface area contributed by atoms with Gasteiger partial charge in [-0.05, 0) is 40.9 Å². The second-order valence-corrected chi connectivity index (χ2v) is 8.89. The molecular formula is C29H34N2O3. The molecule has 5 heteroatoms. The first kappa shape index (κ1) is 24.3. The van der Waals surface area contributed by atoms with Crippen LogP contribution in [0.15, 0.2) is 85.5 Å². The van der Waals surface area contributed by atoms with E-state index in [1.807, 2.05) is 42.5 Å². The lowest BCUT2D eigenvalue weighted by atomic mass is 9.99. The Morgan fingerprint density at radius 3 is 2.38 bits per heavy atom. The van der Waals surface area contributed by atoms with Crippen LogP contribution in [0.3, 0.4) is 0 Å². The maximum absolute atomic E-state index is 9.38. The average molecular weight is 459 g/mol. The van der Waals surface area contributed by atoms with Crippen LogP contribution in [0, 0.1) is 0 Å². The number of hydrogen-bond donors (Lipinski definition) is 2. The maximum atomic E-state index is 9.38. The number of aliphatic hydroxyl groups is 1. The summed E-state index contributed by atoms with van der Waals surface area (Å²) < 4.78 is 12.9. The van der Waals surface area contributed by atoms with Crippen molar-refractivity contribution < 1.29 is 14.6 Å². The fourth-order valence-corrected chi connectivity index (χ4v) is 4.39. The zero-order chi connectivity index (χ0) is 23.9. The first-order chi connectivity index (χ1) is 16.6. The molecule has 0 spiro atoms. The molecule has 178 valence electrons. The molecule has 34 heavy (non-hydrogen) atoms. The summed E-state index contributed by atoms with van der Waals surface area (Å²) in [6, 6.07) is 24.7. The van der Waals surface area contributed by atoms with E-state index in [4.69, 9.17) is 15.2 Å². The van der Waals surface area contributed by atoms with Crippen molar-refractivity contribution in [2.45, 2.75) is 38.1 Å². The summed E-state index contributed by atoms with van der Waals surface area (Å²) in [5.41, 5.74) is 12.2. The van der Waals surface area contributed by atoms with Gasteiger partial charge in [0, 0.05) is 31.6 Å². The molecule has 0 saturated carbocycles. The molecule has 3 aromatic carbocycles. The van der Waals surface area contributed by atoms with Gasteiger partial charge in [-0.2, -0.15) is 0 Å². The van der Waals surface area contributed by atoms with Crippen LogP contribution in [-0.2, 0) is 22.6 Å². The lowest BCUT2D eigenvalue weighted by molar-refractivity contribution is -0.252. The first-order valence-electron chi connectivity index (χ1n) is 11.8. The molecule has 4 rings (SSSR count). The van der Waals surface area contributed by atoms with Crippen LogP contribution in [0.2, 0.25) is 0 Å².